The van der Waals surface area contributed by atoms with Gasteiger partial charge >= 0.3 is 0 Å². The normalized spacial score (nSPS) is 11.9. The molecule has 19 heavy (non-hydrogen) atoms. The second-order valence-corrected chi connectivity index (χ2v) is 4.12. The van der Waals surface area contributed by atoms with Gasteiger partial charge in [0.05, 0.1) is 19.1 Å². The number of hydrogen-bond donors (Lipinski definition) is 2. The SMILES string of the molecule is CCOc1ccccc1CNC(=O)CC(CN)OC. The highest BCUT2D eigenvalue weighted by atomic mass is 16.5. The Morgan fingerprint density at radius 1 is 1.42 bits per heavy atom. The molecule has 0 radical (unpaired) electrons. The van der Waals surface area contributed by atoms with E-state index in [1.165, 1.54) is 0 Å². The largest absolute Gasteiger partial charge is 0.494 e. The Morgan fingerprint density at radius 2 is 2.16 bits per heavy atom. The zero-order valence-corrected chi connectivity index (χ0v) is 11.5. The van der Waals surface area contributed by atoms with E-state index in [4.69, 9.17) is 15.2 Å². The van der Waals surface area contributed by atoms with Gasteiger partial charge in [0.2, 0.25) is 5.91 Å². The summed E-state index contributed by atoms with van der Waals surface area (Å²) < 4.78 is 10.6. The molecular formula is C14H22N2O3. The topological polar surface area (TPSA) is 73.6 Å². The Bertz CT molecular complexity index is 392. The van der Waals surface area contributed by atoms with Crippen molar-refractivity contribution in [2.24, 2.45) is 5.73 Å². The molecule has 1 rings (SSSR count). The second kappa shape index (κ2) is 8.50. The van der Waals surface area contributed by atoms with Crippen molar-refractivity contribution in [2.45, 2.75) is 26.0 Å². The third-order valence-corrected chi connectivity index (χ3v) is 2.76. The first-order valence-electron chi connectivity index (χ1n) is 6.41. The van der Waals surface area contributed by atoms with Crippen LogP contribution in [0.25, 0.3) is 0 Å². The minimum Gasteiger partial charge on any atom is -0.494 e. The van der Waals surface area contributed by atoms with E-state index in [2.05, 4.69) is 5.32 Å². The van der Waals surface area contributed by atoms with Gasteiger partial charge in [-0.2, -0.15) is 0 Å². The quantitative estimate of drug-likeness (QED) is 0.738. The van der Waals surface area contributed by atoms with Crippen LogP contribution in [0.15, 0.2) is 24.3 Å². The molecule has 0 heterocycles. The summed E-state index contributed by atoms with van der Waals surface area (Å²) in [6.07, 6.45) is 0.0335. The Kier molecular flexibility index (Phi) is 6.92. The van der Waals surface area contributed by atoms with Crippen LogP contribution in [0.3, 0.4) is 0 Å². The molecule has 0 aliphatic heterocycles. The van der Waals surface area contributed by atoms with E-state index >= 15 is 0 Å². The van der Waals surface area contributed by atoms with Gasteiger partial charge in [0, 0.05) is 25.8 Å². The molecule has 0 aliphatic rings. The molecule has 1 aromatic rings. The Morgan fingerprint density at radius 3 is 2.79 bits per heavy atom. The predicted octanol–water partition coefficient (Wildman–Crippen LogP) is 1.07. The summed E-state index contributed by atoms with van der Waals surface area (Å²) in [6.45, 7) is 3.30. The molecule has 106 valence electrons. The zero-order chi connectivity index (χ0) is 14.1. The maximum Gasteiger partial charge on any atom is 0.222 e. The summed E-state index contributed by atoms with van der Waals surface area (Å²) in [5, 5.41) is 2.84. The molecule has 0 aromatic heterocycles. The van der Waals surface area contributed by atoms with Crippen molar-refractivity contribution in [1.82, 2.24) is 5.32 Å². The zero-order valence-electron chi connectivity index (χ0n) is 11.5. The molecule has 1 aromatic carbocycles. The van der Waals surface area contributed by atoms with Crippen molar-refractivity contribution in [3.63, 3.8) is 0 Å². The number of benzene rings is 1. The third-order valence-electron chi connectivity index (χ3n) is 2.76. The van der Waals surface area contributed by atoms with Crippen LogP contribution in [0, 0.1) is 0 Å². The molecule has 0 saturated heterocycles. The molecule has 5 nitrogen and oxygen atoms in total. The average molecular weight is 266 g/mol. The highest BCUT2D eigenvalue weighted by Crippen LogP contribution is 2.17. The minimum atomic E-state index is -0.234. The lowest BCUT2D eigenvalue weighted by molar-refractivity contribution is -0.123. The fourth-order valence-corrected chi connectivity index (χ4v) is 1.68. The van der Waals surface area contributed by atoms with Crippen molar-refractivity contribution >= 4 is 5.91 Å². The lowest BCUT2D eigenvalue weighted by Crippen LogP contribution is -2.32. The Hall–Kier alpha value is -1.59. The smallest absolute Gasteiger partial charge is 0.222 e. The highest BCUT2D eigenvalue weighted by Gasteiger charge is 2.11. The molecule has 1 amide bonds. The fourth-order valence-electron chi connectivity index (χ4n) is 1.68. The van der Waals surface area contributed by atoms with Crippen molar-refractivity contribution in [1.29, 1.82) is 0 Å². The van der Waals surface area contributed by atoms with E-state index in [9.17, 15) is 4.79 Å². The van der Waals surface area contributed by atoms with Gasteiger partial charge in [-0.25, -0.2) is 0 Å². The van der Waals surface area contributed by atoms with Crippen molar-refractivity contribution in [3.05, 3.63) is 29.8 Å². The number of nitrogens with one attached hydrogen (secondary N) is 1. The van der Waals surface area contributed by atoms with Crippen LogP contribution in [0.1, 0.15) is 18.9 Å². The number of ether oxygens (including phenoxy) is 2. The third kappa shape index (κ3) is 5.28. The van der Waals surface area contributed by atoms with E-state index in [-0.39, 0.29) is 18.4 Å². The number of hydrogen-bond acceptors (Lipinski definition) is 4. The highest BCUT2D eigenvalue weighted by molar-refractivity contribution is 5.76. The molecule has 1 unspecified atom stereocenters. The first kappa shape index (κ1) is 15.5. The lowest BCUT2D eigenvalue weighted by Gasteiger charge is -2.14. The van der Waals surface area contributed by atoms with Crippen LogP contribution in [0.5, 0.6) is 5.75 Å². The number of rotatable bonds is 8. The summed E-state index contributed by atoms with van der Waals surface area (Å²) in [5.74, 6) is 0.719. The van der Waals surface area contributed by atoms with Gasteiger partial charge < -0.3 is 20.5 Å². The first-order valence-corrected chi connectivity index (χ1v) is 6.41. The van der Waals surface area contributed by atoms with Gasteiger partial charge in [-0.05, 0) is 13.0 Å². The van der Waals surface area contributed by atoms with Gasteiger partial charge in [-0.15, -0.1) is 0 Å². The van der Waals surface area contributed by atoms with E-state index in [0.717, 1.165) is 11.3 Å². The van der Waals surface area contributed by atoms with Crippen molar-refractivity contribution in [2.75, 3.05) is 20.3 Å². The minimum absolute atomic E-state index is 0.0800. The van der Waals surface area contributed by atoms with Gasteiger partial charge in [0.1, 0.15) is 5.75 Å². The van der Waals surface area contributed by atoms with E-state index < -0.39 is 0 Å². The molecule has 0 fully saturated rings. The molecular weight excluding hydrogens is 244 g/mol. The lowest BCUT2D eigenvalue weighted by atomic mass is 10.2. The molecule has 0 spiro atoms. The summed E-state index contributed by atoms with van der Waals surface area (Å²) >= 11 is 0. The Labute approximate surface area is 114 Å². The summed E-state index contributed by atoms with van der Waals surface area (Å²) in [5.41, 5.74) is 6.44. The number of nitrogens with two attached hydrogens (primary N) is 1. The maximum atomic E-state index is 11.7. The number of amides is 1. The summed E-state index contributed by atoms with van der Waals surface area (Å²) in [7, 11) is 1.55. The van der Waals surface area contributed by atoms with E-state index in [1.807, 2.05) is 31.2 Å². The second-order valence-electron chi connectivity index (χ2n) is 4.12. The van der Waals surface area contributed by atoms with Crippen LogP contribution in [0.4, 0.5) is 0 Å². The summed E-state index contributed by atoms with van der Waals surface area (Å²) in [6, 6.07) is 7.65. The van der Waals surface area contributed by atoms with E-state index in [0.29, 0.717) is 19.7 Å². The molecule has 5 heteroatoms. The Balaban J connectivity index is 2.50. The molecule has 0 saturated carbocycles. The van der Waals surface area contributed by atoms with Gasteiger partial charge in [-0.3, -0.25) is 4.79 Å². The van der Waals surface area contributed by atoms with Crippen LogP contribution in [-0.2, 0) is 16.1 Å². The van der Waals surface area contributed by atoms with Crippen LogP contribution >= 0.6 is 0 Å². The predicted molar refractivity (Wildman–Crippen MR) is 73.9 cm³/mol. The molecule has 1 atom stereocenters. The van der Waals surface area contributed by atoms with Crippen LogP contribution in [0.2, 0.25) is 0 Å². The number of para-hydroxylation sites is 1. The fraction of sp³-hybridized carbons (Fsp3) is 0.500. The van der Waals surface area contributed by atoms with Gasteiger partial charge in [0.25, 0.3) is 0 Å². The van der Waals surface area contributed by atoms with Gasteiger partial charge in [0.15, 0.2) is 0 Å². The average Bonchev–Trinajstić information content (AvgIpc) is 2.44. The molecule has 0 bridgehead atoms. The molecule has 0 aliphatic carbocycles. The molecule has 3 N–H and O–H groups in total. The van der Waals surface area contributed by atoms with Crippen LogP contribution in [-0.4, -0.2) is 32.3 Å². The standard InChI is InChI=1S/C14H22N2O3/c1-3-19-13-7-5-4-6-11(13)10-16-14(17)8-12(9-15)18-2/h4-7,12H,3,8-10,15H2,1-2H3,(H,16,17). The van der Waals surface area contributed by atoms with E-state index in [1.54, 1.807) is 7.11 Å². The summed E-state index contributed by atoms with van der Waals surface area (Å²) in [4.78, 5) is 11.7. The maximum absolute atomic E-state index is 11.7. The number of methoxy groups -OCH3 is 1. The van der Waals surface area contributed by atoms with Gasteiger partial charge in [-0.1, -0.05) is 18.2 Å². The van der Waals surface area contributed by atoms with Crippen molar-refractivity contribution in [3.8, 4) is 5.75 Å². The first-order chi connectivity index (χ1) is 9.21. The monoisotopic (exact) mass is 266 g/mol. The van der Waals surface area contributed by atoms with Crippen LogP contribution < -0.4 is 15.8 Å². The van der Waals surface area contributed by atoms with Crippen molar-refractivity contribution < 1.29 is 14.3 Å². The number of carbonyl (C=O) groups excluding carboxylic acids is 1. The number of carbonyl (C=O) groups is 1.